The van der Waals surface area contributed by atoms with Gasteiger partial charge in [-0.2, -0.15) is 0 Å². The summed E-state index contributed by atoms with van der Waals surface area (Å²) in [4.78, 5) is 10.5. The quantitative estimate of drug-likeness (QED) is 0.561. The SMILES string of the molecule is CC(=O)NCCC#Cc1ccc(O)cc1. The molecule has 0 aliphatic heterocycles. The Morgan fingerprint density at radius 3 is 2.67 bits per heavy atom. The van der Waals surface area contributed by atoms with Crippen LogP contribution in [-0.4, -0.2) is 17.6 Å². The van der Waals surface area contributed by atoms with Gasteiger partial charge >= 0.3 is 0 Å². The summed E-state index contributed by atoms with van der Waals surface area (Å²) in [5.41, 5.74) is 0.857. The number of hydrogen-bond acceptors (Lipinski definition) is 2. The van der Waals surface area contributed by atoms with Crippen molar-refractivity contribution < 1.29 is 9.90 Å². The van der Waals surface area contributed by atoms with E-state index in [1.807, 2.05) is 0 Å². The van der Waals surface area contributed by atoms with Crippen LogP contribution in [0.4, 0.5) is 0 Å². The number of nitrogens with one attached hydrogen (secondary N) is 1. The number of rotatable bonds is 2. The second-order valence-corrected chi connectivity index (χ2v) is 3.08. The minimum absolute atomic E-state index is 0.0403. The summed E-state index contributed by atoms with van der Waals surface area (Å²) in [6.07, 6.45) is 0.625. The molecule has 0 atom stereocenters. The number of aromatic hydroxyl groups is 1. The van der Waals surface area contributed by atoms with Crippen molar-refractivity contribution in [2.24, 2.45) is 0 Å². The van der Waals surface area contributed by atoms with E-state index in [0.29, 0.717) is 13.0 Å². The molecule has 0 radical (unpaired) electrons. The van der Waals surface area contributed by atoms with E-state index >= 15 is 0 Å². The summed E-state index contributed by atoms with van der Waals surface area (Å²) in [6.45, 7) is 2.05. The minimum atomic E-state index is -0.0403. The fourth-order valence-electron chi connectivity index (χ4n) is 1.01. The fourth-order valence-corrected chi connectivity index (χ4v) is 1.01. The Balaban J connectivity index is 2.38. The summed E-state index contributed by atoms with van der Waals surface area (Å²) in [7, 11) is 0. The number of phenolic OH excluding ortho intramolecular Hbond substituents is 1. The van der Waals surface area contributed by atoms with Gasteiger partial charge in [0.1, 0.15) is 5.75 Å². The van der Waals surface area contributed by atoms with Crippen molar-refractivity contribution in [1.29, 1.82) is 0 Å². The minimum Gasteiger partial charge on any atom is -0.508 e. The highest BCUT2D eigenvalue weighted by Gasteiger charge is 1.88. The maximum absolute atomic E-state index is 10.5. The largest absolute Gasteiger partial charge is 0.508 e. The molecule has 1 aromatic carbocycles. The lowest BCUT2D eigenvalue weighted by Gasteiger charge is -1.94. The van der Waals surface area contributed by atoms with Crippen LogP contribution in [0.1, 0.15) is 18.9 Å². The summed E-state index contributed by atoms with van der Waals surface area (Å²) in [6, 6.07) is 6.69. The zero-order valence-electron chi connectivity index (χ0n) is 8.58. The Morgan fingerprint density at radius 1 is 1.40 bits per heavy atom. The molecule has 1 aromatic rings. The van der Waals surface area contributed by atoms with Gasteiger partial charge in [0.05, 0.1) is 0 Å². The molecule has 3 nitrogen and oxygen atoms in total. The van der Waals surface area contributed by atoms with Gasteiger partial charge in [-0.25, -0.2) is 0 Å². The zero-order valence-corrected chi connectivity index (χ0v) is 8.58. The third-order valence-corrected chi connectivity index (χ3v) is 1.72. The molecule has 0 saturated carbocycles. The number of carbonyl (C=O) groups excluding carboxylic acids is 1. The van der Waals surface area contributed by atoms with Crippen molar-refractivity contribution >= 4 is 5.91 Å². The predicted octanol–water partition coefficient (Wildman–Crippen LogP) is 1.27. The van der Waals surface area contributed by atoms with Crippen molar-refractivity contribution in [2.45, 2.75) is 13.3 Å². The first-order chi connectivity index (χ1) is 7.18. The van der Waals surface area contributed by atoms with E-state index in [-0.39, 0.29) is 11.7 Å². The summed E-state index contributed by atoms with van der Waals surface area (Å²) < 4.78 is 0. The van der Waals surface area contributed by atoms with Crippen molar-refractivity contribution in [3.63, 3.8) is 0 Å². The van der Waals surface area contributed by atoms with Crippen LogP contribution in [0.5, 0.6) is 5.75 Å². The van der Waals surface area contributed by atoms with Gasteiger partial charge in [-0.3, -0.25) is 4.79 Å². The van der Waals surface area contributed by atoms with E-state index in [1.54, 1.807) is 24.3 Å². The molecule has 0 aliphatic rings. The first-order valence-electron chi connectivity index (χ1n) is 4.71. The van der Waals surface area contributed by atoms with Crippen LogP contribution in [0.2, 0.25) is 0 Å². The monoisotopic (exact) mass is 203 g/mol. The van der Waals surface area contributed by atoms with Gasteiger partial charge in [-0.15, -0.1) is 0 Å². The Labute approximate surface area is 89.1 Å². The number of amides is 1. The zero-order chi connectivity index (χ0) is 11.1. The number of benzene rings is 1. The maximum Gasteiger partial charge on any atom is 0.216 e. The molecule has 0 aliphatic carbocycles. The van der Waals surface area contributed by atoms with Gasteiger partial charge in [-0.1, -0.05) is 11.8 Å². The highest BCUT2D eigenvalue weighted by molar-refractivity contribution is 5.72. The van der Waals surface area contributed by atoms with Gasteiger partial charge in [0.2, 0.25) is 5.91 Å². The normalized spacial score (nSPS) is 8.87. The van der Waals surface area contributed by atoms with Crippen molar-refractivity contribution in [2.75, 3.05) is 6.54 Å². The predicted molar refractivity (Wildman–Crippen MR) is 58.3 cm³/mol. The van der Waals surface area contributed by atoms with Crippen LogP contribution < -0.4 is 5.32 Å². The summed E-state index contributed by atoms with van der Waals surface area (Å²) in [5.74, 6) is 6.06. The standard InChI is InChI=1S/C12H13NO2/c1-10(14)13-9-3-2-4-11-5-7-12(15)8-6-11/h5-8,15H,3,9H2,1H3,(H,13,14). The Kier molecular flexibility index (Phi) is 4.24. The van der Waals surface area contributed by atoms with Crippen LogP contribution in [0, 0.1) is 11.8 Å². The third kappa shape index (κ3) is 4.72. The molecular weight excluding hydrogens is 190 g/mol. The molecular formula is C12H13NO2. The number of phenols is 1. The van der Waals surface area contributed by atoms with Gasteiger partial charge in [-0.05, 0) is 24.3 Å². The molecule has 0 fully saturated rings. The fraction of sp³-hybridized carbons (Fsp3) is 0.250. The summed E-state index contributed by atoms with van der Waals surface area (Å²) in [5, 5.41) is 11.7. The van der Waals surface area contributed by atoms with E-state index in [1.165, 1.54) is 6.92 Å². The first-order valence-corrected chi connectivity index (χ1v) is 4.71. The third-order valence-electron chi connectivity index (χ3n) is 1.72. The van der Waals surface area contributed by atoms with Crippen molar-refractivity contribution in [1.82, 2.24) is 5.32 Å². The highest BCUT2D eigenvalue weighted by atomic mass is 16.3. The average Bonchev–Trinajstić information content (AvgIpc) is 2.20. The second kappa shape index (κ2) is 5.71. The Morgan fingerprint density at radius 2 is 2.07 bits per heavy atom. The Bertz CT molecular complexity index is 384. The van der Waals surface area contributed by atoms with Crippen molar-refractivity contribution in [3.05, 3.63) is 29.8 Å². The van der Waals surface area contributed by atoms with E-state index in [2.05, 4.69) is 17.2 Å². The van der Waals surface area contributed by atoms with Gasteiger partial charge in [0.15, 0.2) is 0 Å². The van der Waals surface area contributed by atoms with Crippen LogP contribution >= 0.6 is 0 Å². The molecule has 0 aromatic heterocycles. The smallest absolute Gasteiger partial charge is 0.216 e. The molecule has 2 N–H and O–H groups in total. The topological polar surface area (TPSA) is 49.3 Å². The summed E-state index contributed by atoms with van der Waals surface area (Å²) >= 11 is 0. The average molecular weight is 203 g/mol. The molecule has 1 rings (SSSR count). The van der Waals surface area contributed by atoms with E-state index in [4.69, 9.17) is 5.11 Å². The van der Waals surface area contributed by atoms with Gasteiger partial charge < -0.3 is 10.4 Å². The van der Waals surface area contributed by atoms with Crippen LogP contribution in [0.3, 0.4) is 0 Å². The number of carbonyl (C=O) groups is 1. The Hall–Kier alpha value is -1.95. The molecule has 0 unspecified atom stereocenters. The van der Waals surface area contributed by atoms with Gasteiger partial charge in [0.25, 0.3) is 0 Å². The van der Waals surface area contributed by atoms with E-state index in [0.717, 1.165) is 5.56 Å². The second-order valence-electron chi connectivity index (χ2n) is 3.08. The lowest BCUT2D eigenvalue weighted by molar-refractivity contribution is -0.118. The molecule has 15 heavy (non-hydrogen) atoms. The molecule has 0 spiro atoms. The van der Waals surface area contributed by atoms with Gasteiger partial charge in [0, 0.05) is 25.5 Å². The molecule has 3 heteroatoms. The highest BCUT2D eigenvalue weighted by Crippen LogP contribution is 2.08. The first kappa shape index (κ1) is 11.1. The molecule has 1 amide bonds. The van der Waals surface area contributed by atoms with E-state index < -0.39 is 0 Å². The molecule has 0 saturated heterocycles. The maximum atomic E-state index is 10.5. The molecule has 78 valence electrons. The van der Waals surface area contributed by atoms with Crippen molar-refractivity contribution in [3.8, 4) is 17.6 Å². The van der Waals surface area contributed by atoms with Crippen LogP contribution in [0.15, 0.2) is 24.3 Å². The molecule has 0 heterocycles. The van der Waals surface area contributed by atoms with Crippen LogP contribution in [-0.2, 0) is 4.79 Å². The molecule has 0 bridgehead atoms. The lowest BCUT2D eigenvalue weighted by atomic mass is 10.2. The number of hydrogen-bond donors (Lipinski definition) is 2. The lowest BCUT2D eigenvalue weighted by Crippen LogP contribution is -2.20. The van der Waals surface area contributed by atoms with Crippen LogP contribution in [0.25, 0.3) is 0 Å². The van der Waals surface area contributed by atoms with E-state index in [9.17, 15) is 4.79 Å².